The topological polar surface area (TPSA) is 39.1 Å². The number of hydrogen-bond acceptors (Lipinski definition) is 3. The fourth-order valence-corrected chi connectivity index (χ4v) is 2.12. The van der Waals surface area contributed by atoms with Crippen LogP contribution in [0.1, 0.15) is 18.5 Å². The van der Waals surface area contributed by atoms with Gasteiger partial charge in [0.1, 0.15) is 0 Å². The predicted molar refractivity (Wildman–Crippen MR) is 59.1 cm³/mol. The fourth-order valence-electron chi connectivity index (χ4n) is 2.12. The van der Waals surface area contributed by atoms with Crippen LogP contribution in [0.15, 0.2) is 12.3 Å². The Morgan fingerprint density at radius 2 is 2.17 bits per heavy atom. The van der Waals surface area contributed by atoms with Crippen LogP contribution in [-0.2, 0) is 17.5 Å². The van der Waals surface area contributed by atoms with Crippen molar-refractivity contribution in [3.63, 3.8) is 0 Å². The highest BCUT2D eigenvalue weighted by Crippen LogP contribution is 2.27. The number of rotatable bonds is 4. The zero-order valence-electron chi connectivity index (χ0n) is 10.1. The van der Waals surface area contributed by atoms with Gasteiger partial charge in [-0.2, -0.15) is 18.3 Å². The zero-order chi connectivity index (χ0) is 13.2. The highest BCUT2D eigenvalue weighted by atomic mass is 19.4. The molecular formula is C11H16F3N3O. The van der Waals surface area contributed by atoms with Gasteiger partial charge in [-0.15, -0.1) is 0 Å². The molecule has 1 aliphatic heterocycles. The Labute approximate surface area is 103 Å². The lowest BCUT2D eigenvalue weighted by atomic mass is 10.2. The average molecular weight is 263 g/mol. The lowest BCUT2D eigenvalue weighted by Gasteiger charge is -2.13. The van der Waals surface area contributed by atoms with Gasteiger partial charge in [0, 0.05) is 12.7 Å². The van der Waals surface area contributed by atoms with Gasteiger partial charge in [-0.25, -0.2) is 0 Å². The van der Waals surface area contributed by atoms with E-state index in [4.69, 9.17) is 4.74 Å². The number of hydrogen-bond donors (Lipinski definition) is 1. The number of likely N-dealkylation sites (N-methyl/N-ethyl adjacent to an activating group) is 1. The summed E-state index contributed by atoms with van der Waals surface area (Å²) in [7, 11) is 1.85. The first-order valence-corrected chi connectivity index (χ1v) is 5.89. The smallest absolute Gasteiger partial charge is 0.372 e. The molecule has 1 aromatic heterocycles. The first kappa shape index (κ1) is 13.4. The van der Waals surface area contributed by atoms with Crippen LogP contribution in [-0.4, -0.2) is 35.6 Å². The van der Waals surface area contributed by atoms with Crippen LogP contribution in [0, 0.1) is 0 Å². The minimum absolute atomic E-state index is 0.0515. The molecule has 0 radical (unpaired) electrons. The molecule has 4 nitrogen and oxygen atoms in total. The van der Waals surface area contributed by atoms with Crippen molar-refractivity contribution in [2.45, 2.75) is 37.8 Å². The lowest BCUT2D eigenvalue weighted by molar-refractivity contribution is -0.141. The maximum atomic E-state index is 12.4. The Morgan fingerprint density at radius 3 is 2.78 bits per heavy atom. The summed E-state index contributed by atoms with van der Waals surface area (Å²) in [6.07, 6.45) is -1.15. The van der Waals surface area contributed by atoms with Gasteiger partial charge in [0.2, 0.25) is 0 Å². The predicted octanol–water partition coefficient (Wildman–Crippen LogP) is 1.67. The summed E-state index contributed by atoms with van der Waals surface area (Å²) in [6.45, 7) is 1.14. The van der Waals surface area contributed by atoms with Gasteiger partial charge in [0.05, 0.1) is 18.8 Å². The number of halogens is 3. The second-order valence-electron chi connectivity index (χ2n) is 4.44. The maximum absolute atomic E-state index is 12.4. The molecule has 1 saturated heterocycles. The number of nitrogens with one attached hydrogen (secondary N) is 1. The average Bonchev–Trinajstić information content (AvgIpc) is 2.88. The Balaban J connectivity index is 1.89. The van der Waals surface area contributed by atoms with E-state index in [0.29, 0.717) is 6.54 Å². The molecule has 1 fully saturated rings. The van der Waals surface area contributed by atoms with Crippen molar-refractivity contribution >= 4 is 0 Å². The molecule has 2 unspecified atom stereocenters. The second kappa shape index (κ2) is 5.27. The van der Waals surface area contributed by atoms with Gasteiger partial charge in [0.15, 0.2) is 5.69 Å². The molecule has 2 atom stereocenters. The standard InChI is InChI=1S/C11H16F3N3O/c1-15-6-8-2-3-9(18-8)7-17-5-4-10(16-17)11(12,13)14/h4-5,8-9,15H,2-3,6-7H2,1H3. The van der Waals surface area contributed by atoms with Crippen LogP contribution in [0.5, 0.6) is 0 Å². The zero-order valence-corrected chi connectivity index (χ0v) is 10.1. The minimum Gasteiger partial charge on any atom is -0.372 e. The van der Waals surface area contributed by atoms with Crippen molar-refractivity contribution in [2.24, 2.45) is 0 Å². The van der Waals surface area contributed by atoms with Crippen LogP contribution >= 0.6 is 0 Å². The molecule has 0 saturated carbocycles. The highest BCUT2D eigenvalue weighted by Gasteiger charge is 2.34. The molecule has 0 aromatic carbocycles. The van der Waals surface area contributed by atoms with E-state index in [-0.39, 0.29) is 12.2 Å². The summed E-state index contributed by atoms with van der Waals surface area (Å²) in [6, 6.07) is 0.986. The van der Waals surface area contributed by atoms with Crippen molar-refractivity contribution in [1.29, 1.82) is 0 Å². The quantitative estimate of drug-likeness (QED) is 0.898. The molecule has 18 heavy (non-hydrogen) atoms. The summed E-state index contributed by atoms with van der Waals surface area (Å²) in [5, 5.41) is 6.53. The molecule has 0 bridgehead atoms. The van der Waals surface area contributed by atoms with Crippen LogP contribution in [0.2, 0.25) is 0 Å². The minimum atomic E-state index is -4.38. The van der Waals surface area contributed by atoms with Crippen molar-refractivity contribution in [3.8, 4) is 0 Å². The third-order valence-corrected chi connectivity index (χ3v) is 2.95. The summed E-state index contributed by atoms with van der Waals surface area (Å²) in [4.78, 5) is 0. The monoisotopic (exact) mass is 263 g/mol. The molecule has 1 aromatic rings. The van der Waals surface area contributed by atoms with E-state index in [2.05, 4.69) is 10.4 Å². The highest BCUT2D eigenvalue weighted by molar-refractivity contribution is 5.03. The Hall–Kier alpha value is -1.08. The fraction of sp³-hybridized carbons (Fsp3) is 0.727. The molecule has 0 aliphatic carbocycles. The van der Waals surface area contributed by atoms with Crippen molar-refractivity contribution < 1.29 is 17.9 Å². The van der Waals surface area contributed by atoms with E-state index in [1.165, 1.54) is 10.9 Å². The third kappa shape index (κ3) is 3.23. The van der Waals surface area contributed by atoms with Gasteiger partial charge >= 0.3 is 6.18 Å². The molecule has 102 valence electrons. The van der Waals surface area contributed by atoms with Gasteiger partial charge < -0.3 is 10.1 Å². The molecule has 1 aliphatic rings. The normalized spacial score (nSPS) is 24.7. The molecular weight excluding hydrogens is 247 g/mol. The van der Waals surface area contributed by atoms with Crippen molar-refractivity contribution in [1.82, 2.24) is 15.1 Å². The first-order chi connectivity index (χ1) is 8.49. The summed E-state index contributed by atoms with van der Waals surface area (Å²) in [5.74, 6) is 0. The summed E-state index contributed by atoms with van der Waals surface area (Å²) < 4.78 is 44.1. The third-order valence-electron chi connectivity index (χ3n) is 2.95. The van der Waals surface area contributed by atoms with Crippen LogP contribution in [0.25, 0.3) is 0 Å². The van der Waals surface area contributed by atoms with Crippen molar-refractivity contribution in [3.05, 3.63) is 18.0 Å². The van der Waals surface area contributed by atoms with Gasteiger partial charge in [0.25, 0.3) is 0 Å². The van der Waals surface area contributed by atoms with E-state index in [1.54, 1.807) is 0 Å². The van der Waals surface area contributed by atoms with Crippen LogP contribution in [0.3, 0.4) is 0 Å². The Bertz CT molecular complexity index is 391. The number of ether oxygens (including phenoxy) is 1. The molecule has 2 heterocycles. The first-order valence-electron chi connectivity index (χ1n) is 5.89. The van der Waals surface area contributed by atoms with Crippen LogP contribution in [0.4, 0.5) is 13.2 Å². The number of alkyl halides is 3. The van der Waals surface area contributed by atoms with E-state index >= 15 is 0 Å². The summed E-state index contributed by atoms with van der Waals surface area (Å²) >= 11 is 0. The van der Waals surface area contributed by atoms with Gasteiger partial charge in [-0.3, -0.25) is 4.68 Å². The van der Waals surface area contributed by atoms with Crippen LogP contribution < -0.4 is 5.32 Å². The van der Waals surface area contributed by atoms with Gasteiger partial charge in [-0.1, -0.05) is 0 Å². The maximum Gasteiger partial charge on any atom is 0.435 e. The van der Waals surface area contributed by atoms with E-state index in [9.17, 15) is 13.2 Å². The number of nitrogens with zero attached hydrogens (tertiary/aromatic N) is 2. The van der Waals surface area contributed by atoms with Gasteiger partial charge in [-0.05, 0) is 26.0 Å². The Morgan fingerprint density at radius 1 is 1.44 bits per heavy atom. The SMILES string of the molecule is CNCC1CCC(Cn2ccc(C(F)(F)F)n2)O1. The summed E-state index contributed by atoms with van der Waals surface area (Å²) in [5.41, 5.74) is -0.854. The molecule has 0 amide bonds. The van der Waals surface area contributed by atoms with Crippen molar-refractivity contribution in [2.75, 3.05) is 13.6 Å². The lowest BCUT2D eigenvalue weighted by Crippen LogP contribution is -2.25. The second-order valence-corrected chi connectivity index (χ2v) is 4.44. The van der Waals surface area contributed by atoms with E-state index < -0.39 is 11.9 Å². The van der Waals surface area contributed by atoms with E-state index in [0.717, 1.165) is 25.5 Å². The molecule has 1 N–H and O–H groups in total. The van der Waals surface area contributed by atoms with E-state index in [1.807, 2.05) is 7.05 Å². The molecule has 2 rings (SSSR count). The largest absolute Gasteiger partial charge is 0.435 e. The number of aromatic nitrogens is 2. The Kier molecular flexibility index (Phi) is 3.91. The molecule has 0 spiro atoms. The molecule has 7 heteroatoms.